The average molecular weight is 407 g/mol. The highest BCUT2D eigenvalue weighted by Gasteiger charge is 2.30. The zero-order valence-corrected chi connectivity index (χ0v) is 18.3. The molecule has 1 unspecified atom stereocenters. The van der Waals surface area contributed by atoms with Gasteiger partial charge < -0.3 is 24.4 Å². The second-order valence-corrected chi connectivity index (χ2v) is 8.30. The average Bonchev–Trinajstić information content (AvgIpc) is 3.07. The quantitative estimate of drug-likeness (QED) is 0.621. The normalized spacial score (nSPS) is 20.2. The molecule has 1 saturated heterocycles. The number of aryl methyl sites for hydroxylation is 1. The van der Waals surface area contributed by atoms with Crippen molar-refractivity contribution in [1.29, 1.82) is 0 Å². The molecular weight excluding hydrogens is 372 g/mol. The largest absolute Gasteiger partial charge is 0.493 e. The monoisotopic (exact) mass is 406 g/mol. The Hall–Kier alpha value is -1.69. The topological polar surface area (TPSA) is 43.0 Å². The lowest BCUT2D eigenvalue weighted by Gasteiger charge is -2.30. The van der Waals surface area contributed by atoms with Crippen molar-refractivity contribution in [2.45, 2.75) is 57.4 Å². The van der Waals surface area contributed by atoms with Crippen molar-refractivity contribution in [2.75, 3.05) is 34.4 Å². The fourth-order valence-electron chi connectivity index (χ4n) is 4.62. The SMILES string of the molecule is COc1cc(CCCN2C(=S)NCC2CC2CCCCC2)cc(OC)c1OC. The summed E-state index contributed by atoms with van der Waals surface area (Å²) in [6.45, 7) is 1.99. The second-order valence-electron chi connectivity index (χ2n) is 7.91. The first-order valence-corrected chi connectivity index (χ1v) is 10.9. The maximum atomic E-state index is 5.59. The first-order valence-electron chi connectivity index (χ1n) is 10.5. The Morgan fingerprint density at radius 2 is 1.71 bits per heavy atom. The van der Waals surface area contributed by atoms with Crippen LogP contribution in [0.4, 0.5) is 0 Å². The number of nitrogens with one attached hydrogen (secondary N) is 1. The van der Waals surface area contributed by atoms with Gasteiger partial charge in [-0.2, -0.15) is 0 Å². The van der Waals surface area contributed by atoms with Crippen LogP contribution in [0, 0.1) is 5.92 Å². The molecule has 156 valence electrons. The van der Waals surface area contributed by atoms with E-state index in [4.69, 9.17) is 26.4 Å². The second kappa shape index (κ2) is 10.2. The van der Waals surface area contributed by atoms with Crippen LogP contribution in [0.5, 0.6) is 17.2 Å². The van der Waals surface area contributed by atoms with Gasteiger partial charge in [-0.3, -0.25) is 0 Å². The molecule has 1 N–H and O–H groups in total. The summed E-state index contributed by atoms with van der Waals surface area (Å²) in [6.07, 6.45) is 10.3. The fourth-order valence-corrected chi connectivity index (χ4v) is 4.94. The third kappa shape index (κ3) is 5.02. The standard InChI is InChI=1S/C22H34N2O3S/c1-25-19-13-17(14-20(26-2)21(19)27-3)10-7-11-24-18(15-23-22(24)28)12-16-8-5-4-6-9-16/h13-14,16,18H,4-12,15H2,1-3H3,(H,23,28). The van der Waals surface area contributed by atoms with Gasteiger partial charge in [-0.25, -0.2) is 0 Å². The molecular formula is C22H34N2O3S. The Bertz CT molecular complexity index is 636. The summed E-state index contributed by atoms with van der Waals surface area (Å²) in [6, 6.07) is 4.64. The number of rotatable bonds is 9. The molecule has 28 heavy (non-hydrogen) atoms. The van der Waals surface area contributed by atoms with Crippen molar-refractivity contribution in [1.82, 2.24) is 10.2 Å². The molecule has 0 amide bonds. The van der Waals surface area contributed by atoms with E-state index in [1.807, 2.05) is 12.1 Å². The van der Waals surface area contributed by atoms with Crippen LogP contribution >= 0.6 is 12.2 Å². The number of methoxy groups -OCH3 is 3. The van der Waals surface area contributed by atoms with Gasteiger partial charge in [-0.15, -0.1) is 0 Å². The van der Waals surface area contributed by atoms with Gasteiger partial charge in [0.05, 0.1) is 21.3 Å². The molecule has 1 atom stereocenters. The van der Waals surface area contributed by atoms with Crippen LogP contribution in [0.15, 0.2) is 12.1 Å². The Morgan fingerprint density at radius 3 is 2.32 bits per heavy atom. The molecule has 0 bridgehead atoms. The lowest BCUT2D eigenvalue weighted by Crippen LogP contribution is -2.36. The van der Waals surface area contributed by atoms with Gasteiger partial charge in [0.2, 0.25) is 5.75 Å². The molecule has 3 rings (SSSR count). The van der Waals surface area contributed by atoms with E-state index in [0.29, 0.717) is 23.3 Å². The fraction of sp³-hybridized carbons (Fsp3) is 0.682. The Morgan fingerprint density at radius 1 is 1.04 bits per heavy atom. The summed E-state index contributed by atoms with van der Waals surface area (Å²) in [5.74, 6) is 2.95. The first kappa shape index (κ1) is 21.0. The van der Waals surface area contributed by atoms with Crippen molar-refractivity contribution >= 4 is 17.3 Å². The zero-order valence-electron chi connectivity index (χ0n) is 17.5. The zero-order chi connectivity index (χ0) is 19.9. The molecule has 1 aromatic carbocycles. The summed E-state index contributed by atoms with van der Waals surface area (Å²) < 4.78 is 16.4. The summed E-state index contributed by atoms with van der Waals surface area (Å²) >= 11 is 5.59. The van der Waals surface area contributed by atoms with Gasteiger partial charge in [0, 0.05) is 19.1 Å². The molecule has 1 aliphatic carbocycles. The maximum Gasteiger partial charge on any atom is 0.203 e. The van der Waals surface area contributed by atoms with Crippen LogP contribution in [0.3, 0.4) is 0 Å². The van der Waals surface area contributed by atoms with E-state index in [0.717, 1.165) is 37.0 Å². The Balaban J connectivity index is 1.57. The number of thiocarbonyl (C=S) groups is 1. The lowest BCUT2D eigenvalue weighted by atomic mass is 9.84. The van der Waals surface area contributed by atoms with E-state index in [1.54, 1.807) is 21.3 Å². The number of nitrogens with zero attached hydrogens (tertiary/aromatic N) is 1. The Labute approximate surface area is 174 Å². The van der Waals surface area contributed by atoms with Gasteiger partial charge in [-0.05, 0) is 55.1 Å². The molecule has 0 spiro atoms. The summed E-state index contributed by atoms with van der Waals surface area (Å²) in [5, 5.41) is 4.33. The van der Waals surface area contributed by atoms with E-state index in [9.17, 15) is 0 Å². The minimum Gasteiger partial charge on any atom is -0.493 e. The van der Waals surface area contributed by atoms with E-state index >= 15 is 0 Å². The maximum absolute atomic E-state index is 5.59. The van der Waals surface area contributed by atoms with E-state index in [1.165, 1.54) is 44.1 Å². The highest BCUT2D eigenvalue weighted by molar-refractivity contribution is 7.80. The minimum atomic E-state index is 0.551. The first-order chi connectivity index (χ1) is 13.7. The molecule has 6 heteroatoms. The van der Waals surface area contributed by atoms with E-state index in [2.05, 4.69) is 10.2 Å². The smallest absolute Gasteiger partial charge is 0.203 e. The predicted octanol–water partition coefficient (Wildman–Crippen LogP) is 4.17. The van der Waals surface area contributed by atoms with Gasteiger partial charge in [0.25, 0.3) is 0 Å². The molecule has 5 nitrogen and oxygen atoms in total. The van der Waals surface area contributed by atoms with Crippen LogP contribution in [0.2, 0.25) is 0 Å². The lowest BCUT2D eigenvalue weighted by molar-refractivity contribution is 0.249. The number of hydrogen-bond acceptors (Lipinski definition) is 4. The molecule has 0 aromatic heterocycles. The summed E-state index contributed by atoms with van der Waals surface area (Å²) in [5.41, 5.74) is 1.19. The van der Waals surface area contributed by atoms with Crippen molar-refractivity contribution in [3.63, 3.8) is 0 Å². The summed E-state index contributed by atoms with van der Waals surface area (Å²) in [7, 11) is 4.95. The van der Waals surface area contributed by atoms with Crippen molar-refractivity contribution < 1.29 is 14.2 Å². The van der Waals surface area contributed by atoms with Crippen LogP contribution < -0.4 is 19.5 Å². The van der Waals surface area contributed by atoms with Crippen molar-refractivity contribution in [3.8, 4) is 17.2 Å². The third-order valence-electron chi connectivity index (χ3n) is 6.11. The number of hydrogen-bond donors (Lipinski definition) is 1. The molecule has 1 saturated carbocycles. The molecule has 1 heterocycles. The molecule has 2 fully saturated rings. The van der Waals surface area contributed by atoms with Gasteiger partial charge >= 0.3 is 0 Å². The number of ether oxygens (including phenoxy) is 3. The van der Waals surface area contributed by atoms with Crippen LogP contribution in [-0.4, -0.2) is 50.5 Å². The van der Waals surface area contributed by atoms with Crippen molar-refractivity contribution in [3.05, 3.63) is 17.7 Å². The van der Waals surface area contributed by atoms with Gasteiger partial charge in [-0.1, -0.05) is 32.1 Å². The van der Waals surface area contributed by atoms with E-state index in [-0.39, 0.29) is 0 Å². The van der Waals surface area contributed by atoms with Crippen LogP contribution in [0.25, 0.3) is 0 Å². The van der Waals surface area contributed by atoms with Crippen LogP contribution in [-0.2, 0) is 6.42 Å². The van der Waals surface area contributed by atoms with Crippen LogP contribution in [0.1, 0.15) is 50.5 Å². The summed E-state index contributed by atoms with van der Waals surface area (Å²) in [4.78, 5) is 2.42. The minimum absolute atomic E-state index is 0.551. The van der Waals surface area contributed by atoms with Crippen molar-refractivity contribution in [2.24, 2.45) is 5.92 Å². The predicted molar refractivity (Wildman–Crippen MR) is 117 cm³/mol. The van der Waals surface area contributed by atoms with E-state index < -0.39 is 0 Å². The number of benzene rings is 1. The van der Waals surface area contributed by atoms with Gasteiger partial charge in [0.15, 0.2) is 16.6 Å². The van der Waals surface area contributed by atoms with Gasteiger partial charge in [0.1, 0.15) is 0 Å². The molecule has 0 radical (unpaired) electrons. The molecule has 1 aromatic rings. The molecule has 1 aliphatic heterocycles. The molecule has 2 aliphatic rings. The Kier molecular flexibility index (Phi) is 7.65. The third-order valence-corrected chi connectivity index (χ3v) is 6.49. The highest BCUT2D eigenvalue weighted by Crippen LogP contribution is 2.38. The highest BCUT2D eigenvalue weighted by atomic mass is 32.1.